The number of para-hydroxylation sites is 2. The first kappa shape index (κ1) is 14.8. The van der Waals surface area contributed by atoms with Crippen molar-refractivity contribution in [2.75, 3.05) is 18.5 Å². The summed E-state index contributed by atoms with van der Waals surface area (Å²) >= 11 is 0. The van der Waals surface area contributed by atoms with Gasteiger partial charge in [0.2, 0.25) is 5.95 Å². The molecule has 0 N–H and O–H groups in total. The van der Waals surface area contributed by atoms with E-state index in [1.807, 2.05) is 28.8 Å². The Kier molecular flexibility index (Phi) is 2.86. The molecule has 2 aliphatic rings. The highest BCUT2D eigenvalue weighted by atomic mass is 16.2. The molecule has 2 aromatic carbocycles. The van der Waals surface area contributed by atoms with E-state index in [1.165, 1.54) is 13.1 Å². The second-order valence-electron chi connectivity index (χ2n) is 6.44. The minimum absolute atomic E-state index is 0.225. The largest absolute Gasteiger partial charge is 0.308 e. The molecule has 0 radical (unpaired) electrons. The number of hydrogen-bond acceptors (Lipinski definition) is 4. The maximum absolute atomic E-state index is 13.0. The number of amides is 3. The Hall–Kier alpha value is -3.48. The van der Waals surface area contributed by atoms with Crippen LogP contribution < -0.4 is 4.90 Å². The average molecular weight is 346 g/mol. The van der Waals surface area contributed by atoms with Gasteiger partial charge in [-0.05, 0) is 30.3 Å². The number of anilines is 1. The van der Waals surface area contributed by atoms with Crippen LogP contribution in [0.3, 0.4) is 0 Å². The third-order valence-corrected chi connectivity index (χ3v) is 5.00. The van der Waals surface area contributed by atoms with Gasteiger partial charge < -0.3 is 4.57 Å². The first-order valence-electron chi connectivity index (χ1n) is 8.30. The molecular weight excluding hydrogens is 332 g/mol. The molecular formula is C19H14N4O3. The number of aromatic nitrogens is 2. The molecule has 5 rings (SSSR count). The molecule has 0 atom stereocenters. The van der Waals surface area contributed by atoms with Crippen molar-refractivity contribution in [3.05, 3.63) is 59.2 Å². The van der Waals surface area contributed by atoms with Crippen molar-refractivity contribution >= 4 is 34.7 Å². The minimum atomic E-state index is -0.381. The second-order valence-corrected chi connectivity index (χ2v) is 6.44. The van der Waals surface area contributed by atoms with Crippen LogP contribution in [0, 0.1) is 0 Å². The van der Waals surface area contributed by atoms with Crippen LogP contribution in [0.4, 0.5) is 5.95 Å². The monoisotopic (exact) mass is 346 g/mol. The normalized spacial score (nSPS) is 15.7. The van der Waals surface area contributed by atoms with Crippen LogP contribution in [-0.2, 0) is 6.54 Å². The van der Waals surface area contributed by atoms with Crippen molar-refractivity contribution in [3.8, 4) is 0 Å². The van der Waals surface area contributed by atoms with Crippen LogP contribution in [0.5, 0.6) is 0 Å². The molecule has 26 heavy (non-hydrogen) atoms. The molecule has 0 spiro atoms. The summed E-state index contributed by atoms with van der Waals surface area (Å²) in [5.74, 6) is -0.340. The zero-order valence-corrected chi connectivity index (χ0v) is 14.0. The fourth-order valence-corrected chi connectivity index (χ4v) is 3.63. The summed E-state index contributed by atoms with van der Waals surface area (Å²) in [6.07, 6.45) is 0. The number of nitrogens with zero attached hydrogens (tertiary/aromatic N) is 4. The summed E-state index contributed by atoms with van der Waals surface area (Å²) in [6, 6.07) is 12.4. The minimum Gasteiger partial charge on any atom is -0.308 e. The first-order chi connectivity index (χ1) is 12.6. The lowest BCUT2D eigenvalue weighted by atomic mass is 10.0. The smallest absolute Gasteiger partial charge is 0.261 e. The fraction of sp³-hybridized carbons (Fsp3) is 0.158. The number of imidazole rings is 1. The molecule has 128 valence electrons. The highest BCUT2D eigenvalue weighted by molar-refractivity contribution is 6.22. The molecule has 3 amide bonds. The molecule has 7 nitrogen and oxygen atoms in total. The molecule has 0 aliphatic carbocycles. The summed E-state index contributed by atoms with van der Waals surface area (Å²) in [6.45, 7) is 1.20. The Morgan fingerprint density at radius 2 is 1.77 bits per heavy atom. The van der Waals surface area contributed by atoms with Gasteiger partial charge in [-0.1, -0.05) is 12.1 Å². The average Bonchev–Trinajstić information content (AvgIpc) is 3.29. The fourth-order valence-electron chi connectivity index (χ4n) is 3.63. The van der Waals surface area contributed by atoms with E-state index in [2.05, 4.69) is 4.98 Å². The van der Waals surface area contributed by atoms with Gasteiger partial charge in [-0.2, -0.15) is 0 Å². The van der Waals surface area contributed by atoms with Crippen LogP contribution in [0.15, 0.2) is 42.5 Å². The maximum atomic E-state index is 13.0. The molecule has 7 heteroatoms. The van der Waals surface area contributed by atoms with Crippen molar-refractivity contribution in [2.24, 2.45) is 0 Å². The van der Waals surface area contributed by atoms with Crippen molar-refractivity contribution in [1.82, 2.24) is 14.5 Å². The standard InChI is InChI=1S/C19H14N4O3/c1-21-17(25)12-7-6-11(10-13(12)18(21)26)16(24)23-9-8-22-15-5-3-2-4-14(15)20-19(22)23/h2-7,10H,8-9H2,1H3. The van der Waals surface area contributed by atoms with Gasteiger partial charge in [0, 0.05) is 25.7 Å². The number of imide groups is 1. The van der Waals surface area contributed by atoms with E-state index in [9.17, 15) is 14.4 Å². The van der Waals surface area contributed by atoms with Gasteiger partial charge in [-0.15, -0.1) is 0 Å². The number of carbonyl (C=O) groups is 3. The molecule has 3 heterocycles. The van der Waals surface area contributed by atoms with Crippen LogP contribution in [0.2, 0.25) is 0 Å². The zero-order valence-electron chi connectivity index (χ0n) is 14.0. The quantitative estimate of drug-likeness (QED) is 0.631. The van der Waals surface area contributed by atoms with Gasteiger partial charge in [-0.3, -0.25) is 24.2 Å². The predicted molar refractivity (Wildman–Crippen MR) is 94.3 cm³/mol. The third kappa shape index (κ3) is 1.82. The van der Waals surface area contributed by atoms with Gasteiger partial charge in [0.25, 0.3) is 17.7 Å². The van der Waals surface area contributed by atoms with Crippen LogP contribution in [0.25, 0.3) is 11.0 Å². The highest BCUT2D eigenvalue weighted by Gasteiger charge is 2.35. The van der Waals surface area contributed by atoms with Gasteiger partial charge in [0.05, 0.1) is 22.2 Å². The van der Waals surface area contributed by atoms with Crippen molar-refractivity contribution in [2.45, 2.75) is 6.54 Å². The topological polar surface area (TPSA) is 75.5 Å². The summed E-state index contributed by atoms with van der Waals surface area (Å²) in [5.41, 5.74) is 2.82. The Bertz CT molecular complexity index is 1130. The summed E-state index contributed by atoms with van der Waals surface area (Å²) in [4.78, 5) is 44.5. The number of rotatable bonds is 1. The van der Waals surface area contributed by atoms with E-state index >= 15 is 0 Å². The number of hydrogen-bond donors (Lipinski definition) is 0. The molecule has 1 aromatic heterocycles. The van der Waals surface area contributed by atoms with Crippen molar-refractivity contribution in [1.29, 1.82) is 0 Å². The van der Waals surface area contributed by atoms with Gasteiger partial charge in [0.15, 0.2) is 0 Å². The van der Waals surface area contributed by atoms with E-state index in [1.54, 1.807) is 17.0 Å². The SMILES string of the molecule is CN1C(=O)c2ccc(C(=O)N3CCn4c3nc3ccccc34)cc2C1=O. The molecule has 2 aliphatic heterocycles. The Morgan fingerprint density at radius 1 is 1.00 bits per heavy atom. The number of carbonyl (C=O) groups excluding carboxylic acids is 3. The molecule has 3 aromatic rings. The molecule has 0 fully saturated rings. The number of fused-ring (bicyclic) bond motifs is 4. The Labute approximate surface area is 148 Å². The molecule has 0 bridgehead atoms. The summed E-state index contributed by atoms with van der Waals surface area (Å²) < 4.78 is 2.02. The van der Waals surface area contributed by atoms with Gasteiger partial charge in [-0.25, -0.2) is 4.98 Å². The van der Waals surface area contributed by atoms with Crippen molar-refractivity contribution < 1.29 is 14.4 Å². The van der Waals surface area contributed by atoms with E-state index in [0.29, 0.717) is 30.2 Å². The van der Waals surface area contributed by atoms with Crippen LogP contribution in [0.1, 0.15) is 31.1 Å². The van der Waals surface area contributed by atoms with E-state index in [-0.39, 0.29) is 23.3 Å². The Morgan fingerprint density at radius 3 is 2.62 bits per heavy atom. The summed E-state index contributed by atoms with van der Waals surface area (Å²) in [7, 11) is 1.44. The molecule has 0 saturated carbocycles. The highest BCUT2D eigenvalue weighted by Crippen LogP contribution is 2.29. The zero-order chi connectivity index (χ0) is 18.0. The number of benzene rings is 2. The van der Waals surface area contributed by atoms with Gasteiger partial charge >= 0.3 is 0 Å². The van der Waals surface area contributed by atoms with E-state index in [4.69, 9.17) is 0 Å². The lowest BCUT2D eigenvalue weighted by Crippen LogP contribution is -2.29. The van der Waals surface area contributed by atoms with Crippen LogP contribution in [-0.4, -0.2) is 45.8 Å². The predicted octanol–water partition coefficient (Wildman–Crippen LogP) is 1.92. The maximum Gasteiger partial charge on any atom is 0.261 e. The van der Waals surface area contributed by atoms with Crippen LogP contribution >= 0.6 is 0 Å². The van der Waals surface area contributed by atoms with E-state index in [0.717, 1.165) is 15.9 Å². The van der Waals surface area contributed by atoms with Gasteiger partial charge in [0.1, 0.15) is 0 Å². The molecule has 0 unspecified atom stereocenters. The second kappa shape index (κ2) is 5.01. The van der Waals surface area contributed by atoms with E-state index < -0.39 is 0 Å². The Balaban J connectivity index is 1.55. The lowest BCUT2D eigenvalue weighted by Gasteiger charge is -2.14. The molecule has 0 saturated heterocycles. The van der Waals surface area contributed by atoms with Crippen molar-refractivity contribution in [3.63, 3.8) is 0 Å². The first-order valence-corrected chi connectivity index (χ1v) is 8.30. The third-order valence-electron chi connectivity index (χ3n) is 5.00. The lowest BCUT2D eigenvalue weighted by molar-refractivity contribution is 0.0693. The summed E-state index contributed by atoms with van der Waals surface area (Å²) in [5, 5.41) is 0.